The molecule has 0 aliphatic rings. The fourth-order valence-electron chi connectivity index (χ4n) is 1.82. The lowest BCUT2D eigenvalue weighted by molar-refractivity contribution is 0.577. The Kier molecular flexibility index (Phi) is 13.2. The summed E-state index contributed by atoms with van der Waals surface area (Å²) in [6.45, 7) is 5.15. The van der Waals surface area contributed by atoms with Crippen LogP contribution in [-0.2, 0) is 0 Å². The highest BCUT2D eigenvalue weighted by Gasteiger charge is 1.90. The van der Waals surface area contributed by atoms with Gasteiger partial charge >= 0.3 is 0 Å². The van der Waals surface area contributed by atoms with E-state index in [9.17, 15) is 0 Å². The van der Waals surface area contributed by atoms with Crippen molar-refractivity contribution in [3.63, 3.8) is 0 Å². The van der Waals surface area contributed by atoms with Gasteiger partial charge in [-0.05, 0) is 26.0 Å². The molecule has 0 amide bonds. The summed E-state index contributed by atoms with van der Waals surface area (Å²) in [6, 6.07) is 0.239. The molecule has 1 atom stereocenters. The van der Waals surface area contributed by atoms with Crippen molar-refractivity contribution in [1.29, 1.82) is 0 Å². The minimum atomic E-state index is 0.239. The first-order valence-electron chi connectivity index (χ1n) is 7.41. The highest BCUT2D eigenvalue weighted by Crippen LogP contribution is 2.09. The zero-order valence-electron chi connectivity index (χ0n) is 11.9. The van der Waals surface area contributed by atoms with E-state index in [1.807, 2.05) is 13.1 Å². The van der Waals surface area contributed by atoms with Crippen LogP contribution in [0.15, 0.2) is 12.3 Å². The minimum Gasteiger partial charge on any atom is -0.390 e. The molecule has 0 heterocycles. The van der Waals surface area contributed by atoms with Crippen LogP contribution in [0.2, 0.25) is 0 Å². The van der Waals surface area contributed by atoms with E-state index in [0.717, 1.165) is 6.54 Å². The maximum Gasteiger partial charge on any atom is 0.0290 e. The van der Waals surface area contributed by atoms with Gasteiger partial charge in [-0.2, -0.15) is 0 Å². The topological polar surface area (TPSA) is 38.0 Å². The molecule has 0 aromatic heterocycles. The predicted molar refractivity (Wildman–Crippen MR) is 78.0 cm³/mol. The van der Waals surface area contributed by atoms with E-state index in [-0.39, 0.29) is 6.04 Å². The molecule has 17 heavy (non-hydrogen) atoms. The summed E-state index contributed by atoms with van der Waals surface area (Å²) in [4.78, 5) is 0. The van der Waals surface area contributed by atoms with Crippen LogP contribution in [0.4, 0.5) is 0 Å². The van der Waals surface area contributed by atoms with E-state index < -0.39 is 0 Å². The second kappa shape index (κ2) is 13.6. The van der Waals surface area contributed by atoms with Gasteiger partial charge in [-0.25, -0.2) is 0 Å². The van der Waals surface area contributed by atoms with Crippen molar-refractivity contribution in [2.24, 2.45) is 5.73 Å². The second-order valence-electron chi connectivity index (χ2n) is 5.05. The van der Waals surface area contributed by atoms with Crippen molar-refractivity contribution in [2.45, 2.75) is 77.7 Å². The third-order valence-electron chi connectivity index (χ3n) is 2.90. The van der Waals surface area contributed by atoms with E-state index >= 15 is 0 Å². The summed E-state index contributed by atoms with van der Waals surface area (Å²) in [5, 5.41) is 3.20. The Morgan fingerprint density at radius 1 is 1.00 bits per heavy atom. The molecule has 0 aliphatic carbocycles. The largest absolute Gasteiger partial charge is 0.390 e. The first kappa shape index (κ1) is 16.5. The lowest BCUT2D eigenvalue weighted by Crippen LogP contribution is -2.27. The third kappa shape index (κ3) is 15.5. The van der Waals surface area contributed by atoms with Gasteiger partial charge in [-0.1, -0.05) is 57.9 Å². The van der Waals surface area contributed by atoms with E-state index in [4.69, 9.17) is 5.73 Å². The van der Waals surface area contributed by atoms with Gasteiger partial charge in [0.1, 0.15) is 0 Å². The van der Waals surface area contributed by atoms with Crippen LogP contribution in [0.1, 0.15) is 71.6 Å². The van der Waals surface area contributed by atoms with Crippen LogP contribution in [0.3, 0.4) is 0 Å². The molecule has 2 nitrogen and oxygen atoms in total. The van der Waals surface area contributed by atoms with Crippen molar-refractivity contribution in [3.05, 3.63) is 12.3 Å². The number of hydrogen-bond donors (Lipinski definition) is 2. The number of nitrogens with one attached hydrogen (secondary N) is 1. The molecule has 0 bridgehead atoms. The molecule has 0 aliphatic heterocycles. The van der Waals surface area contributed by atoms with Gasteiger partial charge in [0.25, 0.3) is 0 Å². The molecular formula is C15H32N2. The minimum absolute atomic E-state index is 0.239. The van der Waals surface area contributed by atoms with E-state index in [1.54, 1.807) is 0 Å². The van der Waals surface area contributed by atoms with Gasteiger partial charge in [0.2, 0.25) is 0 Å². The molecule has 2 heteroatoms. The van der Waals surface area contributed by atoms with Crippen LogP contribution in [0, 0.1) is 0 Å². The van der Waals surface area contributed by atoms with Crippen LogP contribution < -0.4 is 11.1 Å². The fourth-order valence-corrected chi connectivity index (χ4v) is 1.82. The zero-order chi connectivity index (χ0) is 12.8. The summed E-state index contributed by atoms with van der Waals surface area (Å²) in [7, 11) is 0. The maximum atomic E-state index is 5.63. The normalized spacial score (nSPS) is 13.1. The Morgan fingerprint density at radius 3 is 2.18 bits per heavy atom. The average Bonchev–Trinajstić information content (AvgIpc) is 2.30. The van der Waals surface area contributed by atoms with Crippen LogP contribution >= 0.6 is 0 Å². The Bertz CT molecular complexity index is 164. The van der Waals surface area contributed by atoms with Gasteiger partial charge in [-0.3, -0.25) is 0 Å². The molecular weight excluding hydrogens is 208 g/mol. The van der Waals surface area contributed by atoms with Crippen molar-refractivity contribution in [2.75, 3.05) is 6.54 Å². The van der Waals surface area contributed by atoms with Crippen molar-refractivity contribution in [3.8, 4) is 0 Å². The van der Waals surface area contributed by atoms with E-state index in [1.165, 1.54) is 57.8 Å². The van der Waals surface area contributed by atoms with Crippen LogP contribution in [0.25, 0.3) is 0 Å². The standard InChI is InChI=1S/C15H32N2/c1-3-4-5-6-7-8-9-10-11-12-13-17-14-15(2)16/h12-13,15,17H,3-11,14,16H2,1-2H3. The zero-order valence-corrected chi connectivity index (χ0v) is 11.9. The van der Waals surface area contributed by atoms with Crippen molar-refractivity contribution >= 4 is 0 Å². The smallest absolute Gasteiger partial charge is 0.0290 e. The average molecular weight is 240 g/mol. The summed E-state index contributed by atoms with van der Waals surface area (Å²) in [6.07, 6.45) is 16.6. The van der Waals surface area contributed by atoms with Crippen molar-refractivity contribution in [1.82, 2.24) is 5.32 Å². The monoisotopic (exact) mass is 240 g/mol. The van der Waals surface area contributed by atoms with Gasteiger partial charge < -0.3 is 11.1 Å². The van der Waals surface area contributed by atoms with Crippen LogP contribution in [0.5, 0.6) is 0 Å². The Labute approximate surface area is 108 Å². The van der Waals surface area contributed by atoms with Gasteiger partial charge in [0.05, 0.1) is 0 Å². The molecule has 1 unspecified atom stereocenters. The second-order valence-corrected chi connectivity index (χ2v) is 5.05. The molecule has 3 N–H and O–H groups in total. The van der Waals surface area contributed by atoms with Gasteiger partial charge in [0, 0.05) is 12.6 Å². The number of allylic oxidation sites excluding steroid dienone is 1. The molecule has 0 fully saturated rings. The molecule has 0 saturated heterocycles. The highest BCUT2D eigenvalue weighted by atomic mass is 14.9. The van der Waals surface area contributed by atoms with E-state index in [2.05, 4.69) is 18.3 Å². The maximum absolute atomic E-state index is 5.63. The number of hydrogen-bond acceptors (Lipinski definition) is 2. The Morgan fingerprint density at radius 2 is 1.59 bits per heavy atom. The summed E-state index contributed by atoms with van der Waals surface area (Å²) in [5.41, 5.74) is 5.63. The molecule has 102 valence electrons. The van der Waals surface area contributed by atoms with Crippen LogP contribution in [-0.4, -0.2) is 12.6 Å². The lowest BCUT2D eigenvalue weighted by atomic mass is 10.1. The molecule has 0 spiro atoms. The van der Waals surface area contributed by atoms with E-state index in [0.29, 0.717) is 0 Å². The first-order chi connectivity index (χ1) is 8.27. The summed E-state index contributed by atoms with van der Waals surface area (Å²) < 4.78 is 0. The number of nitrogens with two attached hydrogens (primary N) is 1. The molecule has 0 aromatic rings. The van der Waals surface area contributed by atoms with Gasteiger partial charge in [-0.15, -0.1) is 0 Å². The SMILES string of the molecule is CCCCCCCCCCC=CNCC(C)N. The third-order valence-corrected chi connectivity index (χ3v) is 2.90. The Hall–Kier alpha value is -0.500. The number of unbranched alkanes of at least 4 members (excludes halogenated alkanes) is 8. The highest BCUT2D eigenvalue weighted by molar-refractivity contribution is 4.80. The quantitative estimate of drug-likeness (QED) is 0.507. The molecule has 0 aromatic carbocycles. The molecule has 0 saturated carbocycles. The number of rotatable bonds is 12. The van der Waals surface area contributed by atoms with Crippen molar-refractivity contribution < 1.29 is 0 Å². The molecule has 0 radical (unpaired) electrons. The summed E-state index contributed by atoms with van der Waals surface area (Å²) >= 11 is 0. The Balaban J connectivity index is 3.02. The molecule has 0 rings (SSSR count). The lowest BCUT2D eigenvalue weighted by Gasteiger charge is -2.03. The fraction of sp³-hybridized carbons (Fsp3) is 0.867. The van der Waals surface area contributed by atoms with Gasteiger partial charge in [0.15, 0.2) is 0 Å². The first-order valence-corrected chi connectivity index (χ1v) is 7.41. The predicted octanol–water partition coefficient (Wildman–Crippen LogP) is 3.97. The summed E-state index contributed by atoms with van der Waals surface area (Å²) in [5.74, 6) is 0.